The molecule has 0 radical (unpaired) electrons. The predicted octanol–water partition coefficient (Wildman–Crippen LogP) is 4.31. The van der Waals surface area contributed by atoms with Gasteiger partial charge in [0.1, 0.15) is 5.82 Å². The minimum Gasteiger partial charge on any atom is -0.288 e. The zero-order chi connectivity index (χ0) is 12.4. The van der Waals surface area contributed by atoms with Gasteiger partial charge in [-0.05, 0) is 65.1 Å². The molecular weight excluding hydrogens is 353 g/mol. The van der Waals surface area contributed by atoms with Crippen molar-refractivity contribution in [3.8, 4) is 0 Å². The van der Waals surface area contributed by atoms with Crippen LogP contribution >= 0.6 is 34.2 Å². The maximum absolute atomic E-state index is 13.5. The number of carbonyl (C=O) groups is 1. The van der Waals surface area contributed by atoms with Crippen molar-refractivity contribution in [2.75, 3.05) is 0 Å². The molecule has 2 aromatic rings. The van der Waals surface area contributed by atoms with Crippen molar-refractivity contribution < 1.29 is 9.18 Å². The zero-order valence-electron chi connectivity index (χ0n) is 8.58. The lowest BCUT2D eigenvalue weighted by molar-refractivity contribution is 0.103. The molecule has 2 aromatic carbocycles. The van der Waals surface area contributed by atoms with E-state index in [1.54, 1.807) is 30.3 Å². The summed E-state index contributed by atoms with van der Waals surface area (Å²) in [6.07, 6.45) is 0. The highest BCUT2D eigenvalue weighted by Gasteiger charge is 2.14. The van der Waals surface area contributed by atoms with E-state index in [4.69, 9.17) is 11.6 Å². The van der Waals surface area contributed by atoms with Crippen LogP contribution in [0.15, 0.2) is 42.5 Å². The van der Waals surface area contributed by atoms with Gasteiger partial charge in [0.15, 0.2) is 5.78 Å². The van der Waals surface area contributed by atoms with E-state index in [-0.39, 0.29) is 11.3 Å². The van der Waals surface area contributed by atoms with Gasteiger partial charge in [-0.1, -0.05) is 11.6 Å². The number of benzene rings is 2. The number of halogens is 3. The van der Waals surface area contributed by atoms with Crippen molar-refractivity contribution in [2.45, 2.75) is 0 Å². The van der Waals surface area contributed by atoms with E-state index in [0.29, 0.717) is 10.6 Å². The van der Waals surface area contributed by atoms with Crippen molar-refractivity contribution in [3.63, 3.8) is 0 Å². The average Bonchev–Trinajstić information content (AvgIpc) is 2.32. The molecule has 0 fully saturated rings. The molecule has 2 rings (SSSR count). The summed E-state index contributed by atoms with van der Waals surface area (Å²) >= 11 is 7.77. The van der Waals surface area contributed by atoms with Crippen LogP contribution in [0.4, 0.5) is 4.39 Å². The molecule has 0 atom stereocenters. The lowest BCUT2D eigenvalue weighted by atomic mass is 10.0. The van der Waals surface area contributed by atoms with Crippen LogP contribution in [0.25, 0.3) is 0 Å². The van der Waals surface area contributed by atoms with Gasteiger partial charge in [0.2, 0.25) is 0 Å². The molecule has 0 aliphatic heterocycles. The molecule has 0 aromatic heterocycles. The maximum atomic E-state index is 13.5. The van der Waals surface area contributed by atoms with Crippen LogP contribution in [0.3, 0.4) is 0 Å². The highest BCUT2D eigenvalue weighted by Crippen LogP contribution is 2.18. The summed E-state index contributed by atoms with van der Waals surface area (Å²) in [5.41, 5.74) is 0.509. The highest BCUT2D eigenvalue weighted by molar-refractivity contribution is 14.1. The third kappa shape index (κ3) is 2.84. The standard InChI is InChI=1S/C13H7ClFIO/c14-9-3-1-8(2-4-9)13(17)11-7-10(16)5-6-12(11)15/h1-7H. The molecule has 0 amide bonds. The van der Waals surface area contributed by atoms with Crippen LogP contribution < -0.4 is 0 Å². The van der Waals surface area contributed by atoms with Crippen molar-refractivity contribution >= 4 is 40.0 Å². The Morgan fingerprint density at radius 3 is 2.41 bits per heavy atom. The molecule has 4 heteroatoms. The summed E-state index contributed by atoms with van der Waals surface area (Å²) in [6, 6.07) is 10.8. The summed E-state index contributed by atoms with van der Waals surface area (Å²) < 4.78 is 14.4. The van der Waals surface area contributed by atoms with E-state index in [9.17, 15) is 9.18 Å². The van der Waals surface area contributed by atoms with E-state index in [0.717, 1.165) is 3.57 Å². The van der Waals surface area contributed by atoms with Gasteiger partial charge in [0.05, 0.1) is 5.56 Å². The van der Waals surface area contributed by atoms with Gasteiger partial charge < -0.3 is 0 Å². The third-order valence-corrected chi connectivity index (χ3v) is 3.20. The molecule has 0 saturated carbocycles. The van der Waals surface area contributed by atoms with E-state index in [1.165, 1.54) is 12.1 Å². The fourth-order valence-electron chi connectivity index (χ4n) is 1.43. The smallest absolute Gasteiger partial charge is 0.196 e. The first-order valence-electron chi connectivity index (χ1n) is 4.83. The lowest BCUT2D eigenvalue weighted by Gasteiger charge is -2.03. The first-order chi connectivity index (χ1) is 8.08. The fourth-order valence-corrected chi connectivity index (χ4v) is 2.05. The topological polar surface area (TPSA) is 17.1 Å². The van der Waals surface area contributed by atoms with Gasteiger partial charge >= 0.3 is 0 Å². The Bertz CT molecular complexity index is 566. The molecule has 1 nitrogen and oxygen atoms in total. The normalized spacial score (nSPS) is 10.3. The van der Waals surface area contributed by atoms with Gasteiger partial charge in [0.25, 0.3) is 0 Å². The van der Waals surface area contributed by atoms with Crippen LogP contribution in [-0.4, -0.2) is 5.78 Å². The van der Waals surface area contributed by atoms with Crippen LogP contribution in [-0.2, 0) is 0 Å². The van der Waals surface area contributed by atoms with E-state index in [1.807, 2.05) is 22.6 Å². The van der Waals surface area contributed by atoms with Crippen LogP contribution in [0.1, 0.15) is 15.9 Å². The Morgan fingerprint density at radius 1 is 1.12 bits per heavy atom. The third-order valence-electron chi connectivity index (χ3n) is 2.28. The zero-order valence-corrected chi connectivity index (χ0v) is 11.5. The van der Waals surface area contributed by atoms with Gasteiger partial charge in [-0.2, -0.15) is 0 Å². The second kappa shape index (κ2) is 5.14. The summed E-state index contributed by atoms with van der Waals surface area (Å²) in [5.74, 6) is -0.844. The molecule has 0 aliphatic rings. The minimum absolute atomic E-state index is 0.0826. The first kappa shape index (κ1) is 12.5. The fraction of sp³-hybridized carbons (Fsp3) is 0. The van der Waals surface area contributed by atoms with Crippen molar-refractivity contribution in [2.24, 2.45) is 0 Å². The molecule has 0 spiro atoms. The van der Waals surface area contributed by atoms with Crippen LogP contribution in [0.5, 0.6) is 0 Å². The number of ketones is 1. The van der Waals surface area contributed by atoms with Crippen molar-refractivity contribution in [1.29, 1.82) is 0 Å². The quantitative estimate of drug-likeness (QED) is 0.576. The predicted molar refractivity (Wildman–Crippen MR) is 74.0 cm³/mol. The molecule has 86 valence electrons. The number of rotatable bonds is 2. The van der Waals surface area contributed by atoms with Crippen LogP contribution in [0.2, 0.25) is 5.02 Å². The number of hydrogen-bond acceptors (Lipinski definition) is 1. The lowest BCUT2D eigenvalue weighted by Crippen LogP contribution is -2.04. The van der Waals surface area contributed by atoms with E-state index >= 15 is 0 Å². The summed E-state index contributed by atoms with van der Waals surface area (Å²) in [5, 5.41) is 0.546. The summed E-state index contributed by atoms with van der Waals surface area (Å²) in [7, 11) is 0. The monoisotopic (exact) mass is 360 g/mol. The van der Waals surface area contributed by atoms with E-state index in [2.05, 4.69) is 0 Å². The van der Waals surface area contributed by atoms with Gasteiger partial charge in [-0.25, -0.2) is 4.39 Å². The molecule has 0 saturated heterocycles. The number of carbonyl (C=O) groups excluding carboxylic acids is 1. The highest BCUT2D eigenvalue weighted by atomic mass is 127. The average molecular weight is 361 g/mol. The Kier molecular flexibility index (Phi) is 3.79. The molecule has 0 heterocycles. The minimum atomic E-state index is -0.509. The summed E-state index contributed by atoms with van der Waals surface area (Å²) in [4.78, 5) is 12.0. The Balaban J connectivity index is 2.43. The van der Waals surface area contributed by atoms with Crippen LogP contribution in [0, 0.1) is 9.39 Å². The molecule has 0 aliphatic carbocycles. The summed E-state index contributed by atoms with van der Waals surface area (Å²) in [6.45, 7) is 0. The molecule has 17 heavy (non-hydrogen) atoms. The largest absolute Gasteiger partial charge is 0.288 e. The first-order valence-corrected chi connectivity index (χ1v) is 6.29. The Morgan fingerprint density at radius 2 is 1.76 bits per heavy atom. The van der Waals surface area contributed by atoms with E-state index < -0.39 is 5.82 Å². The van der Waals surface area contributed by atoms with Crippen molar-refractivity contribution in [1.82, 2.24) is 0 Å². The molecule has 0 N–H and O–H groups in total. The molecular formula is C13H7ClFIO. The second-order valence-corrected chi connectivity index (χ2v) is 5.14. The second-order valence-electron chi connectivity index (χ2n) is 3.46. The molecule has 0 unspecified atom stereocenters. The van der Waals surface area contributed by atoms with Gasteiger partial charge in [-0.3, -0.25) is 4.79 Å². The number of hydrogen-bond donors (Lipinski definition) is 0. The molecule has 0 bridgehead atoms. The maximum Gasteiger partial charge on any atom is 0.196 e. The Labute approximate surface area is 117 Å². The van der Waals surface area contributed by atoms with Gasteiger partial charge in [0, 0.05) is 14.2 Å². The Hall–Kier alpha value is -0.940. The van der Waals surface area contributed by atoms with Crippen molar-refractivity contribution in [3.05, 3.63) is 68.0 Å². The van der Waals surface area contributed by atoms with Gasteiger partial charge in [-0.15, -0.1) is 0 Å². The SMILES string of the molecule is O=C(c1ccc(Cl)cc1)c1cc(I)ccc1F.